The van der Waals surface area contributed by atoms with Crippen molar-refractivity contribution < 1.29 is 13.9 Å². The van der Waals surface area contributed by atoms with Crippen LogP contribution in [0.3, 0.4) is 0 Å². The molecule has 2 unspecified atom stereocenters. The molecule has 3 aromatic rings. The van der Waals surface area contributed by atoms with Crippen LogP contribution in [0.4, 0.5) is 5.82 Å². The van der Waals surface area contributed by atoms with Gasteiger partial charge in [-0.05, 0) is 44.0 Å². The average Bonchev–Trinajstić information content (AvgIpc) is 3.15. The monoisotopic (exact) mass is 385 g/mol. The second-order valence-electron chi connectivity index (χ2n) is 6.83. The molecule has 0 spiro atoms. The number of piperidine rings is 1. The Balaban J connectivity index is 1.70. The molecule has 6 nitrogen and oxygen atoms in total. The van der Waals surface area contributed by atoms with Crippen LogP contribution in [0.25, 0.3) is 22.2 Å². The fourth-order valence-electron chi connectivity index (χ4n) is 3.74. The van der Waals surface area contributed by atoms with Gasteiger partial charge in [0.05, 0.1) is 25.5 Å². The topological polar surface area (TPSA) is 68.5 Å². The van der Waals surface area contributed by atoms with Gasteiger partial charge in [-0.3, -0.25) is 4.79 Å². The number of carbonyl (C=O) groups is 1. The van der Waals surface area contributed by atoms with Crippen molar-refractivity contribution >= 4 is 34.4 Å². The van der Waals surface area contributed by atoms with E-state index in [2.05, 4.69) is 21.8 Å². The van der Waals surface area contributed by atoms with Gasteiger partial charge < -0.3 is 14.1 Å². The van der Waals surface area contributed by atoms with Crippen molar-refractivity contribution in [1.82, 2.24) is 9.97 Å². The maximum atomic E-state index is 11.9. The molecule has 1 aliphatic rings. The molecule has 1 fully saturated rings. The molecule has 0 N–H and O–H groups in total. The Morgan fingerprint density at radius 3 is 3.00 bits per heavy atom. The summed E-state index contributed by atoms with van der Waals surface area (Å²) < 4.78 is 10.3. The second kappa shape index (κ2) is 7.19. The number of nitrogens with zero attached hydrogens (tertiary/aromatic N) is 3. The zero-order valence-electron chi connectivity index (χ0n) is 15.2. The molecule has 7 heteroatoms. The van der Waals surface area contributed by atoms with Crippen LogP contribution in [0, 0.1) is 5.92 Å². The van der Waals surface area contributed by atoms with Gasteiger partial charge in [-0.15, -0.1) is 0 Å². The molecule has 27 heavy (non-hydrogen) atoms. The predicted molar refractivity (Wildman–Crippen MR) is 104 cm³/mol. The third-order valence-corrected chi connectivity index (χ3v) is 5.32. The van der Waals surface area contributed by atoms with E-state index in [0.29, 0.717) is 24.5 Å². The molecule has 3 heterocycles. The molecule has 4 rings (SSSR count). The number of carbonyl (C=O) groups excluding carboxylic acids is 1. The van der Waals surface area contributed by atoms with Crippen molar-refractivity contribution in [2.24, 2.45) is 5.92 Å². The first kappa shape index (κ1) is 17.8. The number of rotatable bonds is 3. The summed E-state index contributed by atoms with van der Waals surface area (Å²) in [7, 11) is 1.44. The Bertz CT molecular complexity index is 988. The average molecular weight is 386 g/mol. The summed E-state index contributed by atoms with van der Waals surface area (Å²) in [5.41, 5.74) is 2.55. The van der Waals surface area contributed by atoms with E-state index in [1.807, 2.05) is 24.3 Å². The Kier molecular flexibility index (Phi) is 4.74. The number of anilines is 1. The van der Waals surface area contributed by atoms with E-state index in [0.717, 1.165) is 28.0 Å². The molecular formula is C20H20ClN3O3. The normalized spacial score (nSPS) is 20.0. The largest absolute Gasteiger partial charge is 0.469 e. The summed E-state index contributed by atoms with van der Waals surface area (Å²) in [5.74, 6) is 0.504. The van der Waals surface area contributed by atoms with Gasteiger partial charge in [-0.25, -0.2) is 9.97 Å². The fourth-order valence-corrected chi connectivity index (χ4v) is 3.87. The summed E-state index contributed by atoms with van der Waals surface area (Å²) >= 11 is 6.16. The Hall–Kier alpha value is -2.60. The molecule has 140 valence electrons. The lowest BCUT2D eigenvalue weighted by Gasteiger charge is -2.38. The zero-order chi connectivity index (χ0) is 19.0. The van der Waals surface area contributed by atoms with Crippen LogP contribution in [0.1, 0.15) is 19.8 Å². The van der Waals surface area contributed by atoms with E-state index in [1.54, 1.807) is 12.5 Å². The maximum Gasteiger partial charge on any atom is 0.308 e. The molecule has 0 saturated carbocycles. The van der Waals surface area contributed by atoms with Gasteiger partial charge in [0.15, 0.2) is 5.82 Å². The Labute approximate surface area is 162 Å². The fraction of sp³-hybridized carbons (Fsp3) is 0.350. The Morgan fingerprint density at radius 1 is 1.37 bits per heavy atom. The lowest BCUT2D eigenvalue weighted by Crippen LogP contribution is -2.43. The summed E-state index contributed by atoms with van der Waals surface area (Å²) in [5, 5.41) is 1.35. The summed E-state index contributed by atoms with van der Waals surface area (Å²) in [6.07, 6.45) is 4.65. The molecule has 1 aromatic carbocycles. The molecular weight excluding hydrogens is 366 g/mol. The van der Waals surface area contributed by atoms with Gasteiger partial charge in [0.25, 0.3) is 0 Å². The van der Waals surface area contributed by atoms with Gasteiger partial charge in [-0.1, -0.05) is 11.6 Å². The Morgan fingerprint density at radius 2 is 2.22 bits per heavy atom. The van der Waals surface area contributed by atoms with E-state index < -0.39 is 0 Å². The van der Waals surface area contributed by atoms with E-state index in [1.165, 1.54) is 7.11 Å². The van der Waals surface area contributed by atoms with E-state index >= 15 is 0 Å². The number of hydrogen-bond donors (Lipinski definition) is 0. The minimum atomic E-state index is -0.149. The van der Waals surface area contributed by atoms with Crippen LogP contribution in [0.15, 0.2) is 41.1 Å². The van der Waals surface area contributed by atoms with Crippen molar-refractivity contribution in [3.8, 4) is 11.3 Å². The lowest BCUT2D eigenvalue weighted by molar-refractivity contribution is -0.146. The highest BCUT2D eigenvalue weighted by Crippen LogP contribution is 2.35. The maximum absolute atomic E-state index is 11.9. The van der Waals surface area contributed by atoms with Crippen LogP contribution in [-0.4, -0.2) is 35.6 Å². The molecule has 0 aliphatic carbocycles. The minimum Gasteiger partial charge on any atom is -0.469 e. The highest BCUT2D eigenvalue weighted by Gasteiger charge is 2.32. The number of furan rings is 1. The predicted octanol–water partition coefficient (Wildman–Crippen LogP) is 4.32. The quantitative estimate of drug-likeness (QED) is 0.625. The lowest BCUT2D eigenvalue weighted by atomic mass is 9.91. The van der Waals surface area contributed by atoms with Gasteiger partial charge in [0.2, 0.25) is 0 Å². The van der Waals surface area contributed by atoms with Crippen LogP contribution in [-0.2, 0) is 9.53 Å². The van der Waals surface area contributed by atoms with Crippen molar-refractivity contribution in [1.29, 1.82) is 0 Å². The summed E-state index contributed by atoms with van der Waals surface area (Å²) in [6, 6.07) is 7.97. The van der Waals surface area contributed by atoms with Crippen molar-refractivity contribution in [2.45, 2.75) is 25.8 Å². The van der Waals surface area contributed by atoms with Crippen molar-refractivity contribution in [3.63, 3.8) is 0 Å². The molecule has 2 atom stereocenters. The van der Waals surface area contributed by atoms with Gasteiger partial charge in [-0.2, -0.15) is 0 Å². The first-order valence-electron chi connectivity index (χ1n) is 8.91. The third kappa shape index (κ3) is 3.37. The number of fused-ring (bicyclic) bond motifs is 1. The number of aromatic nitrogens is 2. The summed E-state index contributed by atoms with van der Waals surface area (Å²) in [6.45, 7) is 2.78. The number of esters is 1. The smallest absolute Gasteiger partial charge is 0.308 e. The third-order valence-electron chi connectivity index (χ3n) is 5.13. The number of ether oxygens (including phenoxy) is 1. The van der Waals surface area contributed by atoms with Crippen LogP contribution >= 0.6 is 11.6 Å². The number of hydrogen-bond acceptors (Lipinski definition) is 6. The van der Waals surface area contributed by atoms with Crippen LogP contribution < -0.4 is 4.90 Å². The number of halogens is 1. The first-order chi connectivity index (χ1) is 13.1. The highest BCUT2D eigenvalue weighted by atomic mass is 35.5. The van der Waals surface area contributed by atoms with Crippen molar-refractivity contribution in [2.75, 3.05) is 18.6 Å². The SMILES string of the molecule is COC(=O)C1CCN(c2nc(Cl)cnc2-c2ccc3occc3c2)C(C)C1. The molecule has 0 radical (unpaired) electrons. The zero-order valence-corrected chi connectivity index (χ0v) is 15.9. The van der Waals surface area contributed by atoms with Crippen LogP contribution in [0.2, 0.25) is 5.15 Å². The number of benzene rings is 1. The highest BCUT2D eigenvalue weighted by molar-refractivity contribution is 6.29. The van der Waals surface area contributed by atoms with Gasteiger partial charge >= 0.3 is 5.97 Å². The molecule has 0 bridgehead atoms. The van der Waals surface area contributed by atoms with Crippen molar-refractivity contribution in [3.05, 3.63) is 41.9 Å². The molecule has 1 saturated heterocycles. The van der Waals surface area contributed by atoms with E-state index in [-0.39, 0.29) is 17.9 Å². The molecule has 1 aliphatic heterocycles. The summed E-state index contributed by atoms with van der Waals surface area (Å²) in [4.78, 5) is 23.2. The van der Waals surface area contributed by atoms with Gasteiger partial charge in [0.1, 0.15) is 16.4 Å². The number of methoxy groups -OCH3 is 1. The standard InChI is InChI=1S/C20H20ClN3O3/c1-12-9-15(20(25)26-2)5-7-24(12)19-18(22-11-17(21)23-19)14-3-4-16-13(10-14)6-8-27-16/h3-4,6,8,10-12,15H,5,7,9H2,1-2H3. The molecule has 0 amide bonds. The van der Waals surface area contributed by atoms with E-state index in [9.17, 15) is 4.79 Å². The second-order valence-corrected chi connectivity index (χ2v) is 7.21. The molecule has 2 aromatic heterocycles. The van der Waals surface area contributed by atoms with Crippen LogP contribution in [0.5, 0.6) is 0 Å². The van der Waals surface area contributed by atoms with E-state index in [4.69, 9.17) is 20.8 Å². The first-order valence-corrected chi connectivity index (χ1v) is 9.29. The minimum absolute atomic E-state index is 0.0841. The van der Waals surface area contributed by atoms with Gasteiger partial charge in [0, 0.05) is 23.5 Å².